The summed E-state index contributed by atoms with van der Waals surface area (Å²) in [5.41, 5.74) is 1.09. The molecule has 3 heterocycles. The quantitative estimate of drug-likeness (QED) is 0.590. The van der Waals surface area contributed by atoms with Crippen molar-refractivity contribution >= 4 is 46.4 Å². The molecule has 0 aromatic carbocycles. The number of aromatic nitrogens is 4. The van der Waals surface area contributed by atoms with Gasteiger partial charge in [-0.2, -0.15) is 0 Å². The normalized spacial score (nSPS) is 11.1. The minimum atomic E-state index is -0.00937. The molecule has 0 atom stereocenters. The minimum absolute atomic E-state index is 0.00937. The van der Waals surface area contributed by atoms with Crippen LogP contribution >= 0.6 is 35.0 Å². The number of ketones is 1. The Bertz CT molecular complexity index is 769. The molecule has 0 fully saturated rings. The number of pyridine rings is 1. The number of H-pyrrole nitrogens is 1. The first-order chi connectivity index (χ1) is 9.65. The summed E-state index contributed by atoms with van der Waals surface area (Å²) < 4.78 is 1.68. The number of hydrogen-bond acceptors (Lipinski definition) is 4. The maximum atomic E-state index is 11.9. The molecule has 20 heavy (non-hydrogen) atoms. The average molecular weight is 327 g/mol. The molecule has 8 heteroatoms. The molecule has 0 unspecified atom stereocenters. The van der Waals surface area contributed by atoms with E-state index in [4.69, 9.17) is 23.2 Å². The standard InChI is InChI=1S/C12H8Cl2N4OS/c13-7-4-8(14)11-16-17-12(18(11)5-7)20-6-10(19)9-2-1-3-15-9/h1-5,15H,6H2. The van der Waals surface area contributed by atoms with E-state index >= 15 is 0 Å². The lowest BCUT2D eigenvalue weighted by atomic mass is 10.3. The second kappa shape index (κ2) is 5.47. The van der Waals surface area contributed by atoms with E-state index in [1.807, 2.05) is 0 Å². The number of thioether (sulfide) groups is 1. The van der Waals surface area contributed by atoms with Crippen LogP contribution in [0.5, 0.6) is 0 Å². The van der Waals surface area contributed by atoms with E-state index in [2.05, 4.69) is 15.2 Å². The second-order valence-corrected chi connectivity index (χ2v) is 5.76. The van der Waals surface area contributed by atoms with E-state index in [0.29, 0.717) is 26.5 Å². The Balaban J connectivity index is 1.83. The number of nitrogens with one attached hydrogen (secondary N) is 1. The predicted molar refractivity (Wildman–Crippen MR) is 78.9 cm³/mol. The fourth-order valence-electron chi connectivity index (χ4n) is 1.71. The number of Topliss-reactive ketones (excluding diaryl/α,β-unsaturated/α-hetero) is 1. The molecule has 0 radical (unpaired) electrons. The molecule has 1 N–H and O–H groups in total. The summed E-state index contributed by atoms with van der Waals surface area (Å²) in [6.07, 6.45) is 3.38. The highest BCUT2D eigenvalue weighted by molar-refractivity contribution is 7.99. The van der Waals surface area contributed by atoms with Crippen molar-refractivity contribution in [2.24, 2.45) is 0 Å². The van der Waals surface area contributed by atoms with Gasteiger partial charge in [0.2, 0.25) is 0 Å². The Morgan fingerprint density at radius 2 is 2.25 bits per heavy atom. The molecule has 0 aliphatic heterocycles. The van der Waals surface area contributed by atoms with Crippen molar-refractivity contribution in [3.8, 4) is 0 Å². The molecule has 3 aromatic rings. The van der Waals surface area contributed by atoms with Crippen LogP contribution < -0.4 is 0 Å². The van der Waals surface area contributed by atoms with Crippen LogP contribution in [0.4, 0.5) is 0 Å². The summed E-state index contributed by atoms with van der Waals surface area (Å²) in [6, 6.07) is 5.12. The van der Waals surface area contributed by atoms with Crippen molar-refractivity contribution in [3.05, 3.63) is 46.3 Å². The van der Waals surface area contributed by atoms with Gasteiger partial charge < -0.3 is 4.98 Å². The van der Waals surface area contributed by atoms with Gasteiger partial charge in [0.25, 0.3) is 0 Å². The zero-order valence-electron chi connectivity index (χ0n) is 10.0. The molecule has 3 aromatic heterocycles. The fraction of sp³-hybridized carbons (Fsp3) is 0.0833. The van der Waals surface area contributed by atoms with Crippen LogP contribution in [0.3, 0.4) is 0 Å². The third-order valence-electron chi connectivity index (χ3n) is 2.63. The lowest BCUT2D eigenvalue weighted by molar-refractivity contribution is 0.101. The molecule has 0 aliphatic carbocycles. The van der Waals surface area contributed by atoms with Gasteiger partial charge in [0.1, 0.15) is 0 Å². The van der Waals surface area contributed by atoms with Crippen LogP contribution in [0.15, 0.2) is 35.7 Å². The highest BCUT2D eigenvalue weighted by Crippen LogP contribution is 2.25. The summed E-state index contributed by atoms with van der Waals surface area (Å²) >= 11 is 13.3. The molecule has 0 spiro atoms. The summed E-state index contributed by atoms with van der Waals surface area (Å²) in [5.74, 6) is 0.246. The molecular weight excluding hydrogens is 319 g/mol. The molecule has 0 saturated heterocycles. The second-order valence-electron chi connectivity index (χ2n) is 3.98. The van der Waals surface area contributed by atoms with Gasteiger partial charge >= 0.3 is 0 Å². The maximum absolute atomic E-state index is 11.9. The van der Waals surface area contributed by atoms with Gasteiger partial charge in [0.15, 0.2) is 16.6 Å². The first kappa shape index (κ1) is 13.5. The van der Waals surface area contributed by atoms with Crippen molar-refractivity contribution in [3.63, 3.8) is 0 Å². The third-order valence-corrected chi connectivity index (χ3v) is 4.05. The highest BCUT2D eigenvalue weighted by Gasteiger charge is 2.13. The molecule has 0 amide bonds. The Hall–Kier alpha value is -1.50. The Morgan fingerprint density at radius 1 is 1.40 bits per heavy atom. The number of nitrogens with zero attached hydrogens (tertiary/aromatic N) is 3. The van der Waals surface area contributed by atoms with Gasteiger partial charge in [-0.05, 0) is 18.2 Å². The topological polar surface area (TPSA) is 63.1 Å². The van der Waals surface area contributed by atoms with Gasteiger partial charge in [-0.3, -0.25) is 9.20 Å². The van der Waals surface area contributed by atoms with Crippen molar-refractivity contribution < 1.29 is 4.79 Å². The van der Waals surface area contributed by atoms with E-state index in [1.165, 1.54) is 11.8 Å². The van der Waals surface area contributed by atoms with Crippen LogP contribution in [0.25, 0.3) is 5.65 Å². The molecule has 0 bridgehead atoms. The van der Waals surface area contributed by atoms with E-state index < -0.39 is 0 Å². The SMILES string of the molecule is O=C(CSc1nnc2c(Cl)cc(Cl)cn12)c1ccc[nH]1. The molecule has 0 saturated carbocycles. The van der Waals surface area contributed by atoms with E-state index in [1.54, 1.807) is 35.0 Å². The van der Waals surface area contributed by atoms with Crippen molar-refractivity contribution in [1.82, 2.24) is 19.6 Å². The Morgan fingerprint density at radius 3 is 3.00 bits per heavy atom. The Kier molecular flexibility index (Phi) is 3.69. The first-order valence-corrected chi connectivity index (χ1v) is 7.38. The van der Waals surface area contributed by atoms with Gasteiger partial charge in [0.05, 0.1) is 21.5 Å². The maximum Gasteiger partial charge on any atom is 0.196 e. The highest BCUT2D eigenvalue weighted by atomic mass is 35.5. The minimum Gasteiger partial charge on any atom is -0.359 e. The monoisotopic (exact) mass is 326 g/mol. The molecule has 0 aliphatic rings. The van der Waals surface area contributed by atoms with E-state index in [-0.39, 0.29) is 11.5 Å². The number of halogens is 2. The van der Waals surface area contributed by atoms with Crippen LogP contribution in [-0.2, 0) is 0 Å². The summed E-state index contributed by atoms with van der Waals surface area (Å²) in [7, 11) is 0. The molecular formula is C12H8Cl2N4OS. The van der Waals surface area contributed by atoms with Gasteiger partial charge in [-0.1, -0.05) is 35.0 Å². The van der Waals surface area contributed by atoms with Gasteiger partial charge in [-0.15, -0.1) is 10.2 Å². The van der Waals surface area contributed by atoms with Crippen LogP contribution in [0, 0.1) is 0 Å². The van der Waals surface area contributed by atoms with Gasteiger partial charge in [-0.25, -0.2) is 0 Å². The van der Waals surface area contributed by atoms with Gasteiger partial charge in [0, 0.05) is 12.4 Å². The van der Waals surface area contributed by atoms with Crippen molar-refractivity contribution in [2.45, 2.75) is 5.16 Å². The number of carbonyl (C=O) groups is 1. The zero-order chi connectivity index (χ0) is 14.1. The summed E-state index contributed by atoms with van der Waals surface area (Å²) in [5, 5.41) is 9.49. The first-order valence-electron chi connectivity index (χ1n) is 5.64. The van der Waals surface area contributed by atoms with Crippen molar-refractivity contribution in [1.29, 1.82) is 0 Å². The summed E-state index contributed by atoms with van der Waals surface area (Å²) in [4.78, 5) is 14.8. The summed E-state index contributed by atoms with van der Waals surface area (Å²) in [6.45, 7) is 0. The number of rotatable bonds is 4. The largest absolute Gasteiger partial charge is 0.359 e. The smallest absolute Gasteiger partial charge is 0.196 e. The van der Waals surface area contributed by atoms with E-state index in [9.17, 15) is 4.79 Å². The number of carbonyl (C=O) groups excluding carboxylic acids is 1. The molecule has 102 valence electrons. The number of hydrogen-bond donors (Lipinski definition) is 1. The van der Waals surface area contributed by atoms with E-state index in [0.717, 1.165) is 0 Å². The van der Waals surface area contributed by atoms with Crippen molar-refractivity contribution in [2.75, 3.05) is 5.75 Å². The fourth-order valence-corrected chi connectivity index (χ4v) is 3.01. The molecule has 5 nitrogen and oxygen atoms in total. The van der Waals surface area contributed by atoms with Crippen LogP contribution in [0.1, 0.15) is 10.5 Å². The number of fused-ring (bicyclic) bond motifs is 1. The Labute approximate surface area is 128 Å². The molecule has 3 rings (SSSR count). The number of aromatic amines is 1. The average Bonchev–Trinajstić information content (AvgIpc) is 3.05. The predicted octanol–water partition coefficient (Wildman–Crippen LogP) is 3.34. The zero-order valence-corrected chi connectivity index (χ0v) is 12.3. The van der Waals surface area contributed by atoms with Crippen LogP contribution in [0.2, 0.25) is 10.0 Å². The third kappa shape index (κ3) is 2.54. The lowest BCUT2D eigenvalue weighted by Gasteiger charge is -2.01. The van der Waals surface area contributed by atoms with Crippen LogP contribution in [-0.4, -0.2) is 31.1 Å². The lowest BCUT2D eigenvalue weighted by Crippen LogP contribution is -2.03.